The van der Waals surface area contributed by atoms with Crippen molar-refractivity contribution in [1.82, 2.24) is 10.2 Å². The number of ketones is 1. The number of allylic oxidation sites excluding steroid dienone is 3. The van der Waals surface area contributed by atoms with Crippen LogP contribution in [0.2, 0.25) is 0 Å². The second kappa shape index (κ2) is 10.0. The van der Waals surface area contributed by atoms with Crippen molar-refractivity contribution < 1.29 is 4.79 Å². The lowest BCUT2D eigenvalue weighted by molar-refractivity contribution is -0.114. The lowest BCUT2D eigenvalue weighted by atomic mass is 10.0. The molecule has 0 aliphatic carbocycles. The normalized spacial score (nSPS) is 12.8. The van der Waals surface area contributed by atoms with Gasteiger partial charge in [0.15, 0.2) is 5.78 Å². The summed E-state index contributed by atoms with van der Waals surface area (Å²) in [5.41, 5.74) is 2.68. The Morgan fingerprint density at radius 1 is 1.35 bits per heavy atom. The summed E-state index contributed by atoms with van der Waals surface area (Å²) >= 11 is 0. The molecule has 3 heteroatoms. The molecular formula is C20H30N2O. The van der Waals surface area contributed by atoms with Crippen molar-refractivity contribution in [1.29, 1.82) is 0 Å². The zero-order valence-electron chi connectivity index (χ0n) is 14.9. The van der Waals surface area contributed by atoms with E-state index in [1.165, 1.54) is 0 Å². The number of Topliss-reactive ketones (excluding diaryl/α,β-unsaturated/α-hetero) is 1. The van der Waals surface area contributed by atoms with Crippen molar-refractivity contribution in [3.05, 3.63) is 59.8 Å². The van der Waals surface area contributed by atoms with Crippen LogP contribution in [0.5, 0.6) is 0 Å². The first kappa shape index (κ1) is 19.2. The molecular weight excluding hydrogens is 284 g/mol. The molecule has 0 bridgehead atoms. The van der Waals surface area contributed by atoms with Gasteiger partial charge in [-0.3, -0.25) is 4.79 Å². The van der Waals surface area contributed by atoms with Gasteiger partial charge in [0.1, 0.15) is 0 Å². The summed E-state index contributed by atoms with van der Waals surface area (Å²) in [4.78, 5) is 14.6. The standard InChI is InChI=1S/C20H30N2O/c1-6-19(12-13-21-4)22(5)17(3)14-16(2)20(23)15-18-10-8-7-9-11-18/h7-11,14,19,21H,2,6,12-13,15H2,1,3-5H3/b17-14+. The highest BCUT2D eigenvalue weighted by Crippen LogP contribution is 2.15. The van der Waals surface area contributed by atoms with Crippen molar-refractivity contribution >= 4 is 5.78 Å². The first-order valence-corrected chi connectivity index (χ1v) is 8.31. The number of benzene rings is 1. The van der Waals surface area contributed by atoms with Crippen LogP contribution in [-0.4, -0.2) is 37.4 Å². The third-order valence-electron chi connectivity index (χ3n) is 4.25. The zero-order chi connectivity index (χ0) is 17.2. The van der Waals surface area contributed by atoms with Gasteiger partial charge in [-0.15, -0.1) is 0 Å². The summed E-state index contributed by atoms with van der Waals surface area (Å²) < 4.78 is 0. The van der Waals surface area contributed by atoms with Gasteiger partial charge in [-0.1, -0.05) is 43.8 Å². The summed E-state index contributed by atoms with van der Waals surface area (Å²) in [6.07, 6.45) is 4.48. The van der Waals surface area contributed by atoms with E-state index in [0.29, 0.717) is 18.0 Å². The maximum Gasteiger partial charge on any atom is 0.166 e. The van der Waals surface area contributed by atoms with Crippen molar-refractivity contribution in [2.24, 2.45) is 0 Å². The van der Waals surface area contributed by atoms with Gasteiger partial charge in [0.25, 0.3) is 0 Å². The van der Waals surface area contributed by atoms with E-state index in [0.717, 1.165) is 30.6 Å². The highest BCUT2D eigenvalue weighted by Gasteiger charge is 2.14. The first-order valence-electron chi connectivity index (χ1n) is 8.31. The van der Waals surface area contributed by atoms with Crippen LogP contribution in [0.3, 0.4) is 0 Å². The predicted molar refractivity (Wildman–Crippen MR) is 98.4 cm³/mol. The minimum Gasteiger partial charge on any atom is -0.375 e. The Kier molecular flexibility index (Phi) is 8.35. The summed E-state index contributed by atoms with van der Waals surface area (Å²) in [6, 6.07) is 10.3. The average molecular weight is 314 g/mol. The van der Waals surface area contributed by atoms with E-state index in [9.17, 15) is 4.79 Å². The van der Waals surface area contributed by atoms with E-state index in [1.807, 2.05) is 50.4 Å². The quantitative estimate of drug-likeness (QED) is 0.529. The van der Waals surface area contributed by atoms with Crippen LogP contribution in [0.25, 0.3) is 0 Å². The number of hydrogen-bond donors (Lipinski definition) is 1. The Labute approximate surface area is 141 Å². The van der Waals surface area contributed by atoms with Crippen LogP contribution in [0.15, 0.2) is 54.3 Å². The molecule has 0 radical (unpaired) electrons. The zero-order valence-corrected chi connectivity index (χ0v) is 14.9. The van der Waals surface area contributed by atoms with Crippen LogP contribution >= 0.6 is 0 Å². The Balaban J connectivity index is 2.67. The number of carbonyl (C=O) groups is 1. The van der Waals surface area contributed by atoms with Gasteiger partial charge in [0, 0.05) is 30.8 Å². The number of nitrogens with zero attached hydrogens (tertiary/aromatic N) is 1. The second-order valence-corrected chi connectivity index (χ2v) is 5.96. The van der Waals surface area contributed by atoms with Crippen molar-refractivity contribution in [2.75, 3.05) is 20.6 Å². The van der Waals surface area contributed by atoms with E-state index in [1.54, 1.807) is 0 Å². The van der Waals surface area contributed by atoms with E-state index < -0.39 is 0 Å². The molecule has 1 N–H and O–H groups in total. The van der Waals surface area contributed by atoms with Gasteiger partial charge in [0.05, 0.1) is 0 Å². The molecule has 0 spiro atoms. The van der Waals surface area contributed by atoms with Crippen molar-refractivity contribution in [2.45, 2.75) is 39.2 Å². The van der Waals surface area contributed by atoms with Crippen molar-refractivity contribution in [3.63, 3.8) is 0 Å². The molecule has 0 aliphatic rings. The molecule has 0 aromatic heterocycles. The highest BCUT2D eigenvalue weighted by atomic mass is 16.1. The fraction of sp³-hybridized carbons (Fsp3) is 0.450. The minimum atomic E-state index is 0.0761. The molecule has 1 aromatic rings. The molecule has 1 unspecified atom stereocenters. The van der Waals surface area contributed by atoms with Crippen LogP contribution in [0, 0.1) is 0 Å². The molecule has 0 fully saturated rings. The third-order valence-corrected chi connectivity index (χ3v) is 4.25. The molecule has 0 saturated heterocycles. The number of hydrogen-bond acceptors (Lipinski definition) is 3. The van der Waals surface area contributed by atoms with Gasteiger partial charge in [0.2, 0.25) is 0 Å². The molecule has 1 atom stereocenters. The monoisotopic (exact) mass is 314 g/mol. The fourth-order valence-electron chi connectivity index (χ4n) is 2.60. The van der Waals surface area contributed by atoms with Gasteiger partial charge < -0.3 is 10.2 Å². The highest BCUT2D eigenvalue weighted by molar-refractivity contribution is 5.98. The summed E-state index contributed by atoms with van der Waals surface area (Å²) in [7, 11) is 4.06. The first-order chi connectivity index (χ1) is 11.0. The van der Waals surface area contributed by atoms with Gasteiger partial charge >= 0.3 is 0 Å². The van der Waals surface area contributed by atoms with Crippen molar-refractivity contribution in [3.8, 4) is 0 Å². The van der Waals surface area contributed by atoms with E-state index in [4.69, 9.17) is 0 Å². The Hall–Kier alpha value is -1.87. The number of nitrogens with one attached hydrogen (secondary N) is 1. The topological polar surface area (TPSA) is 32.3 Å². The van der Waals surface area contributed by atoms with E-state index in [2.05, 4.69) is 30.8 Å². The minimum absolute atomic E-state index is 0.0761. The maximum atomic E-state index is 12.3. The smallest absolute Gasteiger partial charge is 0.166 e. The summed E-state index contributed by atoms with van der Waals surface area (Å²) in [6.45, 7) is 9.18. The fourth-order valence-corrected chi connectivity index (χ4v) is 2.60. The summed E-state index contributed by atoms with van der Waals surface area (Å²) in [5.74, 6) is 0.0761. The lowest BCUT2D eigenvalue weighted by Gasteiger charge is -2.30. The second-order valence-electron chi connectivity index (χ2n) is 5.96. The van der Waals surface area contributed by atoms with Crippen LogP contribution < -0.4 is 5.32 Å². The van der Waals surface area contributed by atoms with Crippen LogP contribution in [0.4, 0.5) is 0 Å². The molecule has 1 aromatic carbocycles. The molecule has 0 amide bonds. The van der Waals surface area contributed by atoms with Gasteiger partial charge in [-0.05, 0) is 45.0 Å². The number of carbonyl (C=O) groups excluding carboxylic acids is 1. The Bertz CT molecular complexity index is 534. The van der Waals surface area contributed by atoms with E-state index in [-0.39, 0.29) is 5.78 Å². The van der Waals surface area contributed by atoms with Crippen LogP contribution in [0.1, 0.15) is 32.3 Å². The SMILES string of the molecule is C=C(/C=C(\C)N(C)C(CC)CCNC)C(=O)Cc1ccccc1. The Morgan fingerprint density at radius 2 is 2.00 bits per heavy atom. The van der Waals surface area contributed by atoms with Crippen LogP contribution in [-0.2, 0) is 11.2 Å². The third kappa shape index (κ3) is 6.41. The maximum absolute atomic E-state index is 12.3. The van der Waals surface area contributed by atoms with E-state index >= 15 is 0 Å². The average Bonchev–Trinajstić information content (AvgIpc) is 2.56. The lowest BCUT2D eigenvalue weighted by Crippen LogP contribution is -2.32. The number of rotatable bonds is 10. The molecule has 126 valence electrons. The molecule has 0 saturated carbocycles. The molecule has 3 nitrogen and oxygen atoms in total. The van der Waals surface area contributed by atoms with Gasteiger partial charge in [-0.25, -0.2) is 0 Å². The van der Waals surface area contributed by atoms with Gasteiger partial charge in [-0.2, -0.15) is 0 Å². The molecule has 23 heavy (non-hydrogen) atoms. The largest absolute Gasteiger partial charge is 0.375 e. The predicted octanol–water partition coefficient (Wildman–Crippen LogP) is 3.58. The molecule has 0 heterocycles. The summed E-state index contributed by atoms with van der Waals surface area (Å²) in [5, 5.41) is 3.19. The Morgan fingerprint density at radius 3 is 2.57 bits per heavy atom. The molecule has 0 aliphatic heterocycles. The molecule has 1 rings (SSSR count).